The lowest BCUT2D eigenvalue weighted by Gasteiger charge is -2.15. The molecule has 1 heterocycles. The summed E-state index contributed by atoms with van der Waals surface area (Å²) < 4.78 is 0. The van der Waals surface area contributed by atoms with Gasteiger partial charge in [0.25, 0.3) is 0 Å². The summed E-state index contributed by atoms with van der Waals surface area (Å²) in [4.78, 5) is 4.84. The van der Waals surface area contributed by atoms with Crippen LogP contribution in [0.15, 0.2) is 18.2 Å². The third kappa shape index (κ3) is 2.20. The van der Waals surface area contributed by atoms with Gasteiger partial charge in [-0.05, 0) is 49.4 Å². The molecule has 0 spiro atoms. The molecule has 0 unspecified atom stereocenters. The molecule has 0 fully saturated rings. The van der Waals surface area contributed by atoms with Crippen LogP contribution in [0, 0.1) is 13.8 Å². The summed E-state index contributed by atoms with van der Waals surface area (Å²) >= 11 is 0. The molecular formula is C16H22N2. The van der Waals surface area contributed by atoms with Crippen molar-refractivity contribution < 1.29 is 0 Å². The van der Waals surface area contributed by atoms with Gasteiger partial charge < -0.3 is 5.32 Å². The summed E-state index contributed by atoms with van der Waals surface area (Å²) in [5.74, 6) is 1.52. The van der Waals surface area contributed by atoms with Crippen molar-refractivity contribution in [3.63, 3.8) is 0 Å². The molecule has 0 amide bonds. The normalized spacial score (nSPS) is 11.2. The Morgan fingerprint density at radius 1 is 1.22 bits per heavy atom. The van der Waals surface area contributed by atoms with Gasteiger partial charge >= 0.3 is 0 Å². The molecule has 0 aliphatic rings. The summed E-state index contributed by atoms with van der Waals surface area (Å²) in [6.45, 7) is 11.7. The van der Waals surface area contributed by atoms with Gasteiger partial charge in [0.1, 0.15) is 5.82 Å². The number of benzene rings is 1. The maximum absolute atomic E-state index is 4.84. The van der Waals surface area contributed by atoms with Crippen LogP contribution in [-0.2, 0) is 0 Å². The van der Waals surface area contributed by atoms with E-state index in [1.807, 2.05) is 0 Å². The van der Waals surface area contributed by atoms with Crippen LogP contribution in [0.4, 0.5) is 5.82 Å². The molecule has 2 heteroatoms. The number of nitrogens with one attached hydrogen (secondary N) is 1. The van der Waals surface area contributed by atoms with Crippen molar-refractivity contribution in [2.24, 2.45) is 0 Å². The van der Waals surface area contributed by atoms with Crippen LogP contribution in [0.5, 0.6) is 0 Å². The van der Waals surface area contributed by atoms with Crippen molar-refractivity contribution in [2.75, 3.05) is 11.9 Å². The maximum atomic E-state index is 4.84. The van der Waals surface area contributed by atoms with E-state index in [1.54, 1.807) is 0 Å². The number of rotatable bonds is 3. The van der Waals surface area contributed by atoms with Gasteiger partial charge in [0, 0.05) is 11.9 Å². The van der Waals surface area contributed by atoms with E-state index >= 15 is 0 Å². The Kier molecular flexibility index (Phi) is 3.55. The minimum atomic E-state index is 0.484. The first-order valence-corrected chi connectivity index (χ1v) is 6.69. The molecule has 1 N–H and O–H groups in total. The molecule has 2 aromatic rings. The Morgan fingerprint density at radius 3 is 2.56 bits per heavy atom. The highest BCUT2D eigenvalue weighted by atomic mass is 15.0. The van der Waals surface area contributed by atoms with Crippen molar-refractivity contribution in [1.29, 1.82) is 0 Å². The predicted molar refractivity (Wildman–Crippen MR) is 79.5 cm³/mol. The molecule has 96 valence electrons. The van der Waals surface area contributed by atoms with Crippen molar-refractivity contribution in [1.82, 2.24) is 4.98 Å². The lowest BCUT2D eigenvalue weighted by molar-refractivity contribution is 0.861. The molecule has 0 bridgehead atoms. The molecule has 0 atom stereocenters. The topological polar surface area (TPSA) is 24.9 Å². The zero-order chi connectivity index (χ0) is 13.3. The van der Waals surface area contributed by atoms with Crippen LogP contribution in [0.25, 0.3) is 10.9 Å². The number of fused-ring (bicyclic) bond motifs is 1. The van der Waals surface area contributed by atoms with Gasteiger partial charge in [-0.2, -0.15) is 0 Å². The van der Waals surface area contributed by atoms with Crippen LogP contribution in [0.1, 0.15) is 43.4 Å². The summed E-state index contributed by atoms with van der Waals surface area (Å²) in [6.07, 6.45) is 0. The summed E-state index contributed by atoms with van der Waals surface area (Å²) in [6, 6.07) is 6.63. The van der Waals surface area contributed by atoms with Gasteiger partial charge in [-0.3, -0.25) is 0 Å². The average molecular weight is 242 g/mol. The second-order valence-corrected chi connectivity index (χ2v) is 5.19. The van der Waals surface area contributed by atoms with Crippen molar-refractivity contribution >= 4 is 16.7 Å². The fourth-order valence-corrected chi connectivity index (χ4v) is 2.25. The van der Waals surface area contributed by atoms with Crippen molar-refractivity contribution in [3.8, 4) is 0 Å². The van der Waals surface area contributed by atoms with Crippen molar-refractivity contribution in [2.45, 2.75) is 40.5 Å². The Bertz CT molecular complexity index is 571. The minimum Gasteiger partial charge on any atom is -0.370 e. The number of aryl methyl sites for hydroxylation is 2. The second kappa shape index (κ2) is 4.97. The van der Waals surface area contributed by atoms with E-state index in [0.717, 1.165) is 17.9 Å². The molecule has 18 heavy (non-hydrogen) atoms. The van der Waals surface area contributed by atoms with Crippen LogP contribution >= 0.6 is 0 Å². The van der Waals surface area contributed by atoms with Gasteiger partial charge in [0.15, 0.2) is 0 Å². The van der Waals surface area contributed by atoms with Gasteiger partial charge in [-0.15, -0.1) is 0 Å². The van der Waals surface area contributed by atoms with Gasteiger partial charge in [-0.25, -0.2) is 4.98 Å². The Balaban J connectivity index is 2.72. The van der Waals surface area contributed by atoms with Crippen LogP contribution in [-0.4, -0.2) is 11.5 Å². The summed E-state index contributed by atoms with van der Waals surface area (Å²) in [7, 11) is 0. The molecule has 0 saturated heterocycles. The van der Waals surface area contributed by atoms with E-state index in [4.69, 9.17) is 4.98 Å². The Labute approximate surface area is 109 Å². The van der Waals surface area contributed by atoms with Gasteiger partial charge in [0.05, 0.1) is 5.52 Å². The molecular weight excluding hydrogens is 220 g/mol. The zero-order valence-electron chi connectivity index (χ0n) is 12.0. The fourth-order valence-electron chi connectivity index (χ4n) is 2.25. The van der Waals surface area contributed by atoms with E-state index in [2.05, 4.69) is 58.1 Å². The number of nitrogens with zero attached hydrogens (tertiary/aromatic N) is 1. The molecule has 2 nitrogen and oxygen atoms in total. The smallest absolute Gasteiger partial charge is 0.130 e. The third-order valence-corrected chi connectivity index (χ3v) is 3.51. The SMILES string of the molecule is CCNc1nc2c(C)c(C)ccc2cc1C(C)C. The average Bonchev–Trinajstić information content (AvgIpc) is 2.34. The first-order chi connectivity index (χ1) is 8.54. The van der Waals surface area contributed by atoms with E-state index in [-0.39, 0.29) is 0 Å². The summed E-state index contributed by atoms with van der Waals surface area (Å²) in [5, 5.41) is 4.62. The van der Waals surface area contributed by atoms with Crippen LogP contribution in [0.3, 0.4) is 0 Å². The van der Waals surface area contributed by atoms with Gasteiger partial charge in [-0.1, -0.05) is 26.0 Å². The molecule has 1 aromatic heterocycles. The maximum Gasteiger partial charge on any atom is 0.130 e. The molecule has 0 saturated carbocycles. The van der Waals surface area contributed by atoms with Crippen LogP contribution < -0.4 is 5.32 Å². The number of hydrogen-bond donors (Lipinski definition) is 1. The first kappa shape index (κ1) is 12.9. The summed E-state index contributed by atoms with van der Waals surface area (Å²) in [5.41, 5.74) is 5.00. The molecule has 0 radical (unpaired) electrons. The number of anilines is 1. The minimum absolute atomic E-state index is 0.484. The predicted octanol–water partition coefficient (Wildman–Crippen LogP) is 4.41. The van der Waals surface area contributed by atoms with Crippen LogP contribution in [0.2, 0.25) is 0 Å². The lowest BCUT2D eigenvalue weighted by Crippen LogP contribution is -2.05. The number of pyridine rings is 1. The first-order valence-electron chi connectivity index (χ1n) is 6.69. The zero-order valence-corrected chi connectivity index (χ0v) is 12.0. The quantitative estimate of drug-likeness (QED) is 0.862. The van der Waals surface area contributed by atoms with Gasteiger partial charge in [0.2, 0.25) is 0 Å². The molecule has 2 rings (SSSR count). The van der Waals surface area contributed by atoms with E-state index in [0.29, 0.717) is 5.92 Å². The number of aromatic nitrogens is 1. The van der Waals surface area contributed by atoms with E-state index < -0.39 is 0 Å². The number of hydrogen-bond acceptors (Lipinski definition) is 2. The molecule has 0 aliphatic heterocycles. The molecule has 1 aromatic carbocycles. The Hall–Kier alpha value is -1.57. The molecule has 0 aliphatic carbocycles. The lowest BCUT2D eigenvalue weighted by atomic mass is 9.99. The van der Waals surface area contributed by atoms with E-state index in [9.17, 15) is 0 Å². The Morgan fingerprint density at radius 2 is 1.94 bits per heavy atom. The standard InChI is InChI=1S/C16H22N2/c1-6-17-16-14(10(2)3)9-13-8-7-11(4)12(5)15(13)18-16/h7-10H,6H2,1-5H3,(H,17,18). The highest BCUT2D eigenvalue weighted by Gasteiger charge is 2.11. The second-order valence-electron chi connectivity index (χ2n) is 5.19. The largest absolute Gasteiger partial charge is 0.370 e. The highest BCUT2D eigenvalue weighted by molar-refractivity contribution is 5.85. The monoisotopic (exact) mass is 242 g/mol. The highest BCUT2D eigenvalue weighted by Crippen LogP contribution is 2.29. The third-order valence-electron chi connectivity index (χ3n) is 3.51. The fraction of sp³-hybridized carbons (Fsp3) is 0.438. The van der Waals surface area contributed by atoms with Crippen molar-refractivity contribution in [3.05, 3.63) is 34.9 Å². The van der Waals surface area contributed by atoms with E-state index in [1.165, 1.54) is 22.1 Å².